The minimum Gasteiger partial charge on any atom is -0.456 e. The second-order valence-electron chi connectivity index (χ2n) is 7.80. The van der Waals surface area contributed by atoms with Crippen LogP contribution in [0.2, 0.25) is 0 Å². The smallest absolute Gasteiger partial charge is 0.266 e. The molecule has 3 amide bonds. The van der Waals surface area contributed by atoms with E-state index in [0.717, 1.165) is 26.8 Å². The van der Waals surface area contributed by atoms with Gasteiger partial charge in [0.05, 0.1) is 16.8 Å². The summed E-state index contributed by atoms with van der Waals surface area (Å²) in [7, 11) is 0. The maximum absolute atomic E-state index is 12.8. The first kappa shape index (κ1) is 19.0. The number of imide groups is 1. The number of furan rings is 1. The molecule has 6 nitrogen and oxygen atoms in total. The van der Waals surface area contributed by atoms with Gasteiger partial charge in [0.1, 0.15) is 11.2 Å². The molecule has 1 aromatic heterocycles. The molecule has 0 saturated carbocycles. The number of carbonyl (C=O) groups excluding carboxylic acids is 3. The number of fused-ring (bicyclic) bond motifs is 4. The van der Waals surface area contributed by atoms with Crippen molar-refractivity contribution < 1.29 is 18.8 Å². The molecular formula is C27H16N2O4. The molecule has 33 heavy (non-hydrogen) atoms. The summed E-state index contributed by atoms with van der Waals surface area (Å²) in [6.07, 6.45) is 0. The number of anilines is 2. The monoisotopic (exact) mass is 432 g/mol. The Morgan fingerprint density at radius 1 is 0.697 bits per heavy atom. The Morgan fingerprint density at radius 2 is 1.33 bits per heavy atom. The number of carbonyl (C=O) groups is 3. The van der Waals surface area contributed by atoms with E-state index in [2.05, 4.69) is 5.32 Å². The molecule has 0 bridgehead atoms. The summed E-state index contributed by atoms with van der Waals surface area (Å²) >= 11 is 0. The van der Waals surface area contributed by atoms with Crippen molar-refractivity contribution in [2.45, 2.75) is 0 Å². The Kier molecular flexibility index (Phi) is 4.13. The van der Waals surface area contributed by atoms with Crippen LogP contribution in [0.4, 0.5) is 11.4 Å². The number of benzene rings is 4. The standard InChI is InChI=1S/C27H16N2O4/c30-25(28-17-11-14-24-22(15-17)19-5-3-4-8-23(19)33-24)16-9-12-18(13-10-16)29-26(31)20-6-1-2-7-21(20)27(29)32/h1-15H,(H,28,30). The van der Waals surface area contributed by atoms with Crippen molar-refractivity contribution >= 4 is 51.0 Å². The van der Waals surface area contributed by atoms with Crippen LogP contribution in [0.5, 0.6) is 0 Å². The van der Waals surface area contributed by atoms with E-state index in [-0.39, 0.29) is 17.7 Å². The van der Waals surface area contributed by atoms with Gasteiger partial charge in [-0.05, 0) is 60.7 Å². The number of hydrogen-bond acceptors (Lipinski definition) is 4. The summed E-state index contributed by atoms with van der Waals surface area (Å²) in [6, 6.07) is 26.4. The van der Waals surface area contributed by atoms with Crippen molar-refractivity contribution in [2.24, 2.45) is 0 Å². The Labute approximate surface area is 188 Å². The highest BCUT2D eigenvalue weighted by molar-refractivity contribution is 6.34. The van der Waals surface area contributed by atoms with E-state index in [0.29, 0.717) is 28.1 Å². The third kappa shape index (κ3) is 3.00. The number of hydrogen-bond donors (Lipinski definition) is 1. The predicted octanol–water partition coefficient (Wildman–Crippen LogP) is 5.64. The Hall–Kier alpha value is -4.71. The SMILES string of the molecule is O=C(Nc1ccc2oc3ccccc3c2c1)c1ccc(N2C(=O)c3ccccc3C2=O)cc1. The molecule has 0 atom stereocenters. The van der Waals surface area contributed by atoms with Crippen LogP contribution in [0, 0.1) is 0 Å². The lowest BCUT2D eigenvalue weighted by molar-refractivity contribution is 0.0925. The number of nitrogens with zero attached hydrogens (tertiary/aromatic N) is 1. The van der Waals surface area contributed by atoms with E-state index in [1.807, 2.05) is 36.4 Å². The molecule has 0 unspecified atom stereocenters. The van der Waals surface area contributed by atoms with Crippen molar-refractivity contribution in [3.63, 3.8) is 0 Å². The first-order valence-electron chi connectivity index (χ1n) is 10.4. The summed E-state index contributed by atoms with van der Waals surface area (Å²) in [5.41, 5.74) is 3.78. The predicted molar refractivity (Wildman–Crippen MR) is 126 cm³/mol. The zero-order chi connectivity index (χ0) is 22.5. The molecule has 0 radical (unpaired) electrons. The molecule has 4 aromatic carbocycles. The van der Waals surface area contributed by atoms with Crippen LogP contribution < -0.4 is 10.2 Å². The van der Waals surface area contributed by atoms with E-state index in [1.54, 1.807) is 54.6 Å². The van der Waals surface area contributed by atoms with E-state index < -0.39 is 0 Å². The zero-order valence-electron chi connectivity index (χ0n) is 17.2. The molecule has 5 aromatic rings. The molecule has 158 valence electrons. The minimum absolute atomic E-state index is 0.295. The van der Waals surface area contributed by atoms with Gasteiger partial charge in [-0.1, -0.05) is 30.3 Å². The third-order valence-corrected chi connectivity index (χ3v) is 5.82. The topological polar surface area (TPSA) is 79.6 Å². The van der Waals surface area contributed by atoms with E-state index >= 15 is 0 Å². The Balaban J connectivity index is 1.25. The second-order valence-corrected chi connectivity index (χ2v) is 7.80. The molecule has 0 spiro atoms. The molecule has 6 heteroatoms. The Morgan fingerprint density at radius 3 is 2.06 bits per heavy atom. The molecule has 2 heterocycles. The summed E-state index contributed by atoms with van der Waals surface area (Å²) in [6.45, 7) is 0. The van der Waals surface area contributed by atoms with Crippen molar-refractivity contribution in [1.29, 1.82) is 0 Å². The molecule has 0 fully saturated rings. The van der Waals surface area contributed by atoms with Crippen LogP contribution >= 0.6 is 0 Å². The fraction of sp³-hybridized carbons (Fsp3) is 0. The number of rotatable bonds is 3. The van der Waals surface area contributed by atoms with Crippen LogP contribution in [0.15, 0.2) is 95.4 Å². The number of nitrogens with one attached hydrogen (secondary N) is 1. The summed E-state index contributed by atoms with van der Waals surface area (Å²) < 4.78 is 5.83. The number of para-hydroxylation sites is 1. The van der Waals surface area contributed by atoms with Crippen molar-refractivity contribution in [1.82, 2.24) is 0 Å². The summed E-state index contributed by atoms with van der Waals surface area (Å²) in [4.78, 5) is 39.3. The summed E-state index contributed by atoms with van der Waals surface area (Å²) in [5.74, 6) is -1.03. The highest BCUT2D eigenvalue weighted by Crippen LogP contribution is 2.31. The van der Waals surface area contributed by atoms with E-state index in [4.69, 9.17) is 4.42 Å². The van der Waals surface area contributed by atoms with Crippen molar-refractivity contribution in [3.8, 4) is 0 Å². The molecule has 1 aliphatic rings. The molecule has 1 N–H and O–H groups in total. The minimum atomic E-state index is -0.367. The van der Waals surface area contributed by atoms with Crippen LogP contribution in [-0.4, -0.2) is 17.7 Å². The second kappa shape index (κ2) is 7.17. The van der Waals surface area contributed by atoms with Crippen molar-refractivity contribution in [2.75, 3.05) is 10.2 Å². The van der Waals surface area contributed by atoms with Crippen LogP contribution in [-0.2, 0) is 0 Å². The van der Waals surface area contributed by atoms with Gasteiger partial charge in [-0.15, -0.1) is 0 Å². The van der Waals surface area contributed by atoms with E-state index in [9.17, 15) is 14.4 Å². The zero-order valence-corrected chi connectivity index (χ0v) is 17.2. The highest BCUT2D eigenvalue weighted by atomic mass is 16.3. The van der Waals surface area contributed by atoms with Gasteiger partial charge in [-0.3, -0.25) is 14.4 Å². The number of amides is 3. The van der Waals surface area contributed by atoms with Gasteiger partial charge >= 0.3 is 0 Å². The molecular weight excluding hydrogens is 416 g/mol. The normalized spacial score (nSPS) is 13.0. The van der Waals surface area contributed by atoms with Gasteiger partial charge in [0.2, 0.25) is 0 Å². The van der Waals surface area contributed by atoms with Crippen LogP contribution in [0.25, 0.3) is 21.9 Å². The lowest BCUT2D eigenvalue weighted by atomic mass is 10.1. The average Bonchev–Trinajstić information content (AvgIpc) is 3.34. The van der Waals surface area contributed by atoms with Crippen molar-refractivity contribution in [3.05, 3.63) is 108 Å². The van der Waals surface area contributed by atoms with Gasteiger partial charge in [-0.25, -0.2) is 4.90 Å². The third-order valence-electron chi connectivity index (χ3n) is 5.82. The van der Waals surface area contributed by atoms with Crippen LogP contribution in [0.3, 0.4) is 0 Å². The highest BCUT2D eigenvalue weighted by Gasteiger charge is 2.36. The fourth-order valence-electron chi connectivity index (χ4n) is 4.19. The van der Waals surface area contributed by atoms with Gasteiger partial charge in [0.25, 0.3) is 17.7 Å². The average molecular weight is 432 g/mol. The van der Waals surface area contributed by atoms with Gasteiger partial charge in [0.15, 0.2) is 0 Å². The molecule has 0 saturated heterocycles. The lowest BCUT2D eigenvalue weighted by Gasteiger charge is -2.14. The molecule has 1 aliphatic heterocycles. The Bertz CT molecular complexity index is 1560. The van der Waals surface area contributed by atoms with Gasteiger partial charge in [-0.2, -0.15) is 0 Å². The summed E-state index contributed by atoms with van der Waals surface area (Å²) in [5, 5.41) is 4.80. The van der Waals surface area contributed by atoms with Crippen LogP contribution in [0.1, 0.15) is 31.1 Å². The quantitative estimate of drug-likeness (QED) is 0.374. The van der Waals surface area contributed by atoms with Gasteiger partial charge in [0, 0.05) is 22.0 Å². The maximum atomic E-state index is 12.8. The molecule has 6 rings (SSSR count). The maximum Gasteiger partial charge on any atom is 0.266 e. The first-order chi connectivity index (χ1) is 16.1. The largest absolute Gasteiger partial charge is 0.456 e. The lowest BCUT2D eigenvalue weighted by Crippen LogP contribution is -2.29. The fourth-order valence-corrected chi connectivity index (χ4v) is 4.19. The molecule has 0 aliphatic carbocycles. The van der Waals surface area contributed by atoms with Gasteiger partial charge < -0.3 is 9.73 Å². The van der Waals surface area contributed by atoms with E-state index in [1.165, 1.54) is 0 Å². The first-order valence-corrected chi connectivity index (χ1v) is 10.4.